The van der Waals surface area contributed by atoms with E-state index >= 15 is 0 Å². The van der Waals surface area contributed by atoms with Crippen LogP contribution >= 0.6 is 35.6 Å². The van der Waals surface area contributed by atoms with Crippen LogP contribution in [0.3, 0.4) is 0 Å². The summed E-state index contributed by atoms with van der Waals surface area (Å²) in [5, 5.41) is 1.37. The van der Waals surface area contributed by atoms with E-state index in [2.05, 4.69) is 4.98 Å². The van der Waals surface area contributed by atoms with Gasteiger partial charge in [-0.05, 0) is 44.2 Å². The van der Waals surface area contributed by atoms with E-state index in [1.165, 1.54) is 11.8 Å². The minimum absolute atomic E-state index is 0.0315. The van der Waals surface area contributed by atoms with Crippen molar-refractivity contribution in [1.82, 2.24) is 9.88 Å². The van der Waals surface area contributed by atoms with Crippen LogP contribution in [-0.2, 0) is 4.79 Å². The van der Waals surface area contributed by atoms with Gasteiger partial charge in [0.15, 0.2) is 0 Å². The van der Waals surface area contributed by atoms with Crippen LogP contribution in [0, 0.1) is 0 Å². The third kappa shape index (κ3) is 3.14. The summed E-state index contributed by atoms with van der Waals surface area (Å²) in [6.07, 6.45) is 1.73. The molecule has 0 radical (unpaired) electrons. The van der Waals surface area contributed by atoms with E-state index in [1.54, 1.807) is 24.2 Å². The molecule has 0 atom stereocenters. The molecule has 1 aromatic heterocycles. The Kier molecular flexibility index (Phi) is 4.80. The first kappa shape index (κ1) is 17.2. The number of rotatable bonds is 3. The van der Waals surface area contributed by atoms with Crippen LogP contribution in [0.4, 0.5) is 0 Å². The summed E-state index contributed by atoms with van der Waals surface area (Å²) in [5.74, 6) is 0.629. The number of amides is 1. The molecule has 2 heterocycles. The number of pyridine rings is 1. The van der Waals surface area contributed by atoms with Crippen molar-refractivity contribution in [3.05, 3.63) is 39.9 Å². The molecule has 124 valence electrons. The number of hydrogen-bond donors (Lipinski definition) is 0. The van der Waals surface area contributed by atoms with Gasteiger partial charge in [0, 0.05) is 11.4 Å². The Morgan fingerprint density at radius 2 is 2.12 bits per heavy atom. The summed E-state index contributed by atoms with van der Waals surface area (Å²) < 4.78 is 5.78. The van der Waals surface area contributed by atoms with E-state index in [9.17, 15) is 4.79 Å². The van der Waals surface area contributed by atoms with Gasteiger partial charge >= 0.3 is 0 Å². The number of carbonyl (C=O) groups excluding carboxylic acids is 1. The molecular formula is C17H15ClN2O2S2. The molecule has 0 bridgehead atoms. The van der Waals surface area contributed by atoms with Crippen LogP contribution in [0.25, 0.3) is 17.0 Å². The SMILES string of the molecule is COc1ccc2nc(/C=C3\SC(=S)N(C(C)C)C3=O)cc(Cl)c2c1. The molecule has 0 unspecified atom stereocenters. The number of benzene rings is 1. The molecule has 1 aromatic carbocycles. The first-order valence-corrected chi connectivity index (χ1v) is 8.92. The maximum absolute atomic E-state index is 12.5. The van der Waals surface area contributed by atoms with Crippen molar-refractivity contribution in [2.75, 3.05) is 7.11 Å². The standard InChI is InChI=1S/C17H15ClN2O2S2/c1-9(2)20-16(21)15(24-17(20)23)7-10-6-13(18)12-8-11(22-3)4-5-14(12)19-10/h4-9H,1-3H3/b15-7-. The highest BCUT2D eigenvalue weighted by Gasteiger charge is 2.33. The van der Waals surface area contributed by atoms with Crippen LogP contribution in [0.2, 0.25) is 5.02 Å². The van der Waals surface area contributed by atoms with Gasteiger partial charge in [-0.3, -0.25) is 9.69 Å². The van der Waals surface area contributed by atoms with Gasteiger partial charge in [0.05, 0.1) is 28.2 Å². The Hall–Kier alpha value is -1.63. The minimum Gasteiger partial charge on any atom is -0.497 e. The number of carbonyl (C=O) groups is 1. The third-order valence-corrected chi connectivity index (χ3v) is 5.25. The number of ether oxygens (including phenoxy) is 1. The summed E-state index contributed by atoms with van der Waals surface area (Å²) in [6.45, 7) is 3.87. The number of nitrogens with zero attached hydrogens (tertiary/aromatic N) is 2. The van der Waals surface area contributed by atoms with Crippen molar-refractivity contribution in [2.24, 2.45) is 0 Å². The molecule has 24 heavy (non-hydrogen) atoms. The fourth-order valence-electron chi connectivity index (χ4n) is 2.44. The fourth-order valence-corrected chi connectivity index (χ4v) is 4.21. The van der Waals surface area contributed by atoms with Crippen molar-refractivity contribution in [1.29, 1.82) is 0 Å². The van der Waals surface area contributed by atoms with Crippen LogP contribution < -0.4 is 4.74 Å². The normalized spacial score (nSPS) is 16.7. The zero-order valence-electron chi connectivity index (χ0n) is 13.4. The Morgan fingerprint density at radius 3 is 2.75 bits per heavy atom. The number of methoxy groups -OCH3 is 1. The lowest BCUT2D eigenvalue weighted by Crippen LogP contribution is -2.34. The van der Waals surface area contributed by atoms with E-state index in [1.807, 2.05) is 32.0 Å². The highest BCUT2D eigenvalue weighted by molar-refractivity contribution is 8.26. The maximum atomic E-state index is 12.5. The predicted octanol–water partition coefficient (Wildman–Crippen LogP) is 4.51. The second-order valence-corrected chi connectivity index (χ2v) is 7.64. The number of thiocarbonyl (C=S) groups is 1. The van der Waals surface area contributed by atoms with Gasteiger partial charge in [0.2, 0.25) is 0 Å². The highest BCUT2D eigenvalue weighted by Crippen LogP contribution is 2.34. The lowest BCUT2D eigenvalue weighted by atomic mass is 10.2. The van der Waals surface area contributed by atoms with Gasteiger partial charge in [0.1, 0.15) is 10.1 Å². The molecule has 1 fully saturated rings. The van der Waals surface area contributed by atoms with Crippen LogP contribution in [0.1, 0.15) is 19.5 Å². The Bertz CT molecular complexity index is 880. The predicted molar refractivity (Wildman–Crippen MR) is 103 cm³/mol. The summed E-state index contributed by atoms with van der Waals surface area (Å²) in [4.78, 5) is 19.2. The number of aromatic nitrogens is 1. The molecule has 1 aliphatic heterocycles. The third-order valence-electron chi connectivity index (χ3n) is 3.60. The minimum atomic E-state index is -0.0900. The van der Waals surface area contributed by atoms with E-state index in [4.69, 9.17) is 28.6 Å². The topological polar surface area (TPSA) is 42.4 Å². The van der Waals surface area contributed by atoms with E-state index in [0.29, 0.717) is 19.9 Å². The van der Waals surface area contributed by atoms with E-state index < -0.39 is 0 Å². The summed E-state index contributed by atoms with van der Waals surface area (Å²) in [5.41, 5.74) is 1.37. The van der Waals surface area contributed by atoms with Gasteiger partial charge in [0.25, 0.3) is 5.91 Å². The van der Waals surface area contributed by atoms with Gasteiger partial charge in [-0.15, -0.1) is 0 Å². The molecule has 1 saturated heterocycles. The molecule has 1 aliphatic rings. The number of halogens is 1. The van der Waals surface area contributed by atoms with Gasteiger partial charge in [-0.25, -0.2) is 4.98 Å². The smallest absolute Gasteiger partial charge is 0.266 e. The number of hydrogen-bond acceptors (Lipinski definition) is 5. The van der Waals surface area contributed by atoms with Crippen LogP contribution in [0.5, 0.6) is 5.75 Å². The Balaban J connectivity index is 2.02. The Morgan fingerprint density at radius 1 is 1.38 bits per heavy atom. The molecule has 0 spiro atoms. The number of thioether (sulfide) groups is 1. The summed E-state index contributed by atoms with van der Waals surface area (Å²) in [7, 11) is 1.60. The molecule has 4 nitrogen and oxygen atoms in total. The average molecular weight is 379 g/mol. The summed E-state index contributed by atoms with van der Waals surface area (Å²) >= 11 is 12.9. The van der Waals surface area contributed by atoms with Crippen molar-refractivity contribution in [3.8, 4) is 5.75 Å². The average Bonchev–Trinajstić information content (AvgIpc) is 2.81. The Labute approximate surface area is 154 Å². The van der Waals surface area contributed by atoms with Crippen molar-refractivity contribution in [3.63, 3.8) is 0 Å². The molecule has 0 saturated carbocycles. The molecule has 2 aromatic rings. The monoisotopic (exact) mass is 378 g/mol. The largest absolute Gasteiger partial charge is 0.497 e. The van der Waals surface area contributed by atoms with Gasteiger partial charge in [-0.2, -0.15) is 0 Å². The molecule has 1 amide bonds. The van der Waals surface area contributed by atoms with E-state index in [0.717, 1.165) is 16.7 Å². The highest BCUT2D eigenvalue weighted by atomic mass is 35.5. The zero-order chi connectivity index (χ0) is 17.4. The first-order valence-electron chi connectivity index (χ1n) is 7.32. The van der Waals surface area contributed by atoms with Crippen molar-refractivity contribution >= 4 is 62.8 Å². The summed E-state index contributed by atoms with van der Waals surface area (Å²) in [6, 6.07) is 7.28. The molecular weight excluding hydrogens is 364 g/mol. The van der Waals surface area contributed by atoms with Crippen molar-refractivity contribution in [2.45, 2.75) is 19.9 Å². The van der Waals surface area contributed by atoms with Gasteiger partial charge in [-0.1, -0.05) is 35.6 Å². The molecule has 0 N–H and O–H groups in total. The van der Waals surface area contributed by atoms with Gasteiger partial charge < -0.3 is 4.74 Å². The molecule has 7 heteroatoms. The zero-order valence-corrected chi connectivity index (χ0v) is 15.8. The second kappa shape index (κ2) is 6.70. The second-order valence-electron chi connectivity index (χ2n) is 5.56. The van der Waals surface area contributed by atoms with E-state index in [-0.39, 0.29) is 11.9 Å². The van der Waals surface area contributed by atoms with Crippen LogP contribution in [-0.4, -0.2) is 33.3 Å². The molecule has 3 rings (SSSR count). The lowest BCUT2D eigenvalue weighted by molar-refractivity contribution is -0.123. The number of fused-ring (bicyclic) bond motifs is 1. The maximum Gasteiger partial charge on any atom is 0.266 e. The van der Waals surface area contributed by atoms with Crippen molar-refractivity contribution < 1.29 is 9.53 Å². The lowest BCUT2D eigenvalue weighted by Gasteiger charge is -2.18. The first-order chi connectivity index (χ1) is 11.4. The van der Waals surface area contributed by atoms with Crippen LogP contribution in [0.15, 0.2) is 29.2 Å². The molecule has 0 aliphatic carbocycles. The quantitative estimate of drug-likeness (QED) is 0.580. The fraction of sp³-hybridized carbons (Fsp3) is 0.235.